The molecule has 1 fully saturated rings. The smallest absolute Gasteiger partial charge is 0.271 e. The fraction of sp³-hybridized carbons (Fsp3) is 0.459. The topological polar surface area (TPSA) is 206 Å². The third kappa shape index (κ3) is 13.3. The van der Waals surface area contributed by atoms with Gasteiger partial charge in [-0.3, -0.25) is 24.2 Å². The molecule has 1 aliphatic carbocycles. The largest absolute Gasteiger partial charge is 0.370 e. The van der Waals surface area contributed by atoms with Crippen LogP contribution in [0.3, 0.4) is 0 Å². The molecule has 1 heterocycles. The van der Waals surface area contributed by atoms with E-state index in [1.54, 1.807) is 24.6 Å². The van der Waals surface area contributed by atoms with E-state index in [0.29, 0.717) is 24.3 Å². The standard InChI is InChI=1S/C37H50FN9O4S/c1-41-22-32(48)44-30(20-25-14-16-27(38)17-15-25)36-47-31(23-52-36)35(51)46-29(19-24-9-4-2-5-10-24)34(50)45-28(13-8-18-42-37(39)40)33(49)43-21-26-11-6-3-7-12-26/h3,6-7,11-12,14-17,23-24,28-30,41H,2,4-5,8-10,13,18-22H2,1H3,(H,43,49)(H,44,48)(H,45,50)(H,46,51)(H4,39,40,42)/t28-,29-,30-/m0/s1. The van der Waals surface area contributed by atoms with Gasteiger partial charge in [-0.2, -0.15) is 0 Å². The highest BCUT2D eigenvalue weighted by Gasteiger charge is 2.31. The summed E-state index contributed by atoms with van der Waals surface area (Å²) in [5, 5.41) is 16.5. The van der Waals surface area contributed by atoms with Gasteiger partial charge in [-0.25, -0.2) is 9.37 Å². The molecular formula is C37H50FN9O4S. The van der Waals surface area contributed by atoms with E-state index in [1.165, 1.54) is 23.5 Å². The quantitative estimate of drug-likeness (QED) is 0.0553. The van der Waals surface area contributed by atoms with Gasteiger partial charge in [-0.05, 0) is 61.9 Å². The van der Waals surface area contributed by atoms with Gasteiger partial charge in [0, 0.05) is 18.5 Å². The van der Waals surface area contributed by atoms with Crippen LogP contribution in [-0.4, -0.2) is 66.8 Å². The summed E-state index contributed by atoms with van der Waals surface area (Å²) in [5.74, 6) is -1.84. The van der Waals surface area contributed by atoms with E-state index < -0.39 is 29.9 Å². The van der Waals surface area contributed by atoms with Gasteiger partial charge in [-0.1, -0.05) is 74.6 Å². The van der Waals surface area contributed by atoms with Crippen LogP contribution in [0, 0.1) is 11.7 Å². The number of aromatic nitrogens is 1. The maximum atomic E-state index is 14.0. The van der Waals surface area contributed by atoms with Crippen LogP contribution in [-0.2, 0) is 27.3 Å². The summed E-state index contributed by atoms with van der Waals surface area (Å²) in [6, 6.07) is 13.0. The second kappa shape index (κ2) is 20.8. The van der Waals surface area contributed by atoms with Crippen molar-refractivity contribution in [1.82, 2.24) is 31.6 Å². The first-order valence-corrected chi connectivity index (χ1v) is 18.6. The molecule has 52 heavy (non-hydrogen) atoms. The van der Waals surface area contributed by atoms with Gasteiger partial charge in [0.05, 0.1) is 12.6 Å². The van der Waals surface area contributed by atoms with E-state index in [9.17, 15) is 23.6 Å². The number of hydrogen-bond acceptors (Lipinski definition) is 8. The maximum Gasteiger partial charge on any atom is 0.271 e. The fourth-order valence-electron chi connectivity index (χ4n) is 6.19. The summed E-state index contributed by atoms with van der Waals surface area (Å²) in [6.45, 7) is 0.648. The van der Waals surface area contributed by atoms with Crippen molar-refractivity contribution in [2.45, 2.75) is 82.5 Å². The van der Waals surface area contributed by atoms with Crippen molar-refractivity contribution in [1.29, 1.82) is 0 Å². The molecule has 1 aromatic heterocycles. The average molecular weight is 736 g/mol. The Bertz CT molecular complexity index is 1630. The number of nitrogens with zero attached hydrogens (tertiary/aromatic N) is 2. The molecule has 3 aromatic rings. The Kier molecular flexibility index (Phi) is 16.0. The number of likely N-dealkylation sites (N-methyl/N-ethyl adjacent to an activating group) is 1. The van der Waals surface area contributed by atoms with Crippen molar-refractivity contribution in [2.24, 2.45) is 22.4 Å². The second-order valence-corrected chi connectivity index (χ2v) is 13.9. The molecule has 0 spiro atoms. The zero-order chi connectivity index (χ0) is 37.3. The number of nitrogens with one attached hydrogen (secondary N) is 5. The lowest BCUT2D eigenvalue weighted by molar-refractivity contribution is -0.130. The molecule has 2 aromatic carbocycles. The highest BCUT2D eigenvalue weighted by molar-refractivity contribution is 7.09. The summed E-state index contributed by atoms with van der Waals surface area (Å²) >= 11 is 1.21. The van der Waals surface area contributed by atoms with Gasteiger partial charge in [0.25, 0.3) is 5.91 Å². The molecule has 280 valence electrons. The van der Waals surface area contributed by atoms with Gasteiger partial charge in [0.2, 0.25) is 17.7 Å². The predicted molar refractivity (Wildman–Crippen MR) is 200 cm³/mol. The Morgan fingerprint density at radius 1 is 0.923 bits per heavy atom. The number of carbonyl (C=O) groups is 4. The monoisotopic (exact) mass is 735 g/mol. The third-order valence-corrected chi connectivity index (χ3v) is 9.84. The van der Waals surface area contributed by atoms with E-state index in [1.807, 2.05) is 30.3 Å². The average Bonchev–Trinajstić information content (AvgIpc) is 3.64. The van der Waals surface area contributed by atoms with Crippen molar-refractivity contribution in [3.05, 3.63) is 87.6 Å². The molecule has 1 saturated carbocycles. The van der Waals surface area contributed by atoms with Crippen molar-refractivity contribution in [3.8, 4) is 0 Å². The van der Waals surface area contributed by atoms with Crippen LogP contribution in [0.5, 0.6) is 0 Å². The number of aliphatic imine (C=N–C) groups is 1. The molecule has 4 rings (SSSR count). The van der Waals surface area contributed by atoms with Crippen LogP contribution in [0.1, 0.15) is 84.0 Å². The predicted octanol–water partition coefficient (Wildman–Crippen LogP) is 2.83. The van der Waals surface area contributed by atoms with E-state index in [4.69, 9.17) is 11.5 Å². The van der Waals surface area contributed by atoms with Gasteiger partial charge in [0.1, 0.15) is 28.6 Å². The minimum absolute atomic E-state index is 0.0586. The molecule has 0 radical (unpaired) electrons. The number of hydrogen-bond donors (Lipinski definition) is 7. The fourth-order valence-corrected chi connectivity index (χ4v) is 7.04. The number of amides is 4. The molecule has 15 heteroatoms. The first-order valence-electron chi connectivity index (χ1n) is 17.7. The molecule has 13 nitrogen and oxygen atoms in total. The van der Waals surface area contributed by atoms with E-state index in [-0.39, 0.29) is 61.3 Å². The SMILES string of the molecule is CNCC(=O)N[C@@H](Cc1ccc(F)cc1)c1nc(C(=O)N[C@@H](CC2CCCCC2)C(=O)N[C@@H](CCCN=C(N)N)C(=O)NCc2ccccc2)cs1. The number of guanidine groups is 1. The number of benzene rings is 2. The lowest BCUT2D eigenvalue weighted by atomic mass is 9.84. The highest BCUT2D eigenvalue weighted by Crippen LogP contribution is 2.28. The molecule has 0 bridgehead atoms. The zero-order valence-corrected chi connectivity index (χ0v) is 30.4. The molecule has 4 amide bonds. The van der Waals surface area contributed by atoms with Crippen LogP contribution in [0.15, 0.2) is 65.0 Å². The van der Waals surface area contributed by atoms with Crippen molar-refractivity contribution < 1.29 is 23.6 Å². The van der Waals surface area contributed by atoms with E-state index >= 15 is 0 Å². The Balaban J connectivity index is 1.50. The van der Waals surface area contributed by atoms with Crippen LogP contribution in [0.25, 0.3) is 0 Å². The van der Waals surface area contributed by atoms with Gasteiger partial charge < -0.3 is 38.1 Å². The number of halogens is 1. The minimum atomic E-state index is -0.923. The van der Waals surface area contributed by atoms with Crippen LogP contribution in [0.2, 0.25) is 0 Å². The molecule has 9 N–H and O–H groups in total. The molecule has 0 saturated heterocycles. The highest BCUT2D eigenvalue weighted by atomic mass is 32.1. The maximum absolute atomic E-state index is 14.0. The molecule has 1 aliphatic rings. The number of carbonyl (C=O) groups excluding carboxylic acids is 4. The van der Waals surface area contributed by atoms with Crippen LogP contribution in [0.4, 0.5) is 4.39 Å². The third-order valence-electron chi connectivity index (χ3n) is 8.88. The van der Waals surface area contributed by atoms with Crippen LogP contribution >= 0.6 is 11.3 Å². The number of nitrogens with two attached hydrogens (primary N) is 2. The zero-order valence-electron chi connectivity index (χ0n) is 29.5. The lowest BCUT2D eigenvalue weighted by Crippen LogP contribution is -2.54. The molecule has 3 atom stereocenters. The van der Waals surface area contributed by atoms with Crippen molar-refractivity contribution in [3.63, 3.8) is 0 Å². The first kappa shape index (κ1) is 39.9. The normalized spacial score (nSPS) is 14.7. The summed E-state index contributed by atoms with van der Waals surface area (Å²) in [5.41, 5.74) is 12.7. The van der Waals surface area contributed by atoms with E-state index in [0.717, 1.165) is 43.2 Å². The van der Waals surface area contributed by atoms with Crippen molar-refractivity contribution in [2.75, 3.05) is 20.1 Å². The lowest BCUT2D eigenvalue weighted by Gasteiger charge is -2.28. The summed E-state index contributed by atoms with van der Waals surface area (Å²) < 4.78 is 13.6. The number of thiazole rings is 1. The first-order chi connectivity index (χ1) is 25.1. The van der Waals surface area contributed by atoms with Gasteiger partial charge >= 0.3 is 0 Å². The molecule has 0 unspecified atom stereocenters. The Morgan fingerprint density at radius 2 is 1.65 bits per heavy atom. The van der Waals surface area contributed by atoms with Gasteiger partial charge in [0.15, 0.2) is 5.96 Å². The minimum Gasteiger partial charge on any atom is -0.370 e. The Labute approximate surface area is 308 Å². The van der Waals surface area contributed by atoms with Gasteiger partial charge in [-0.15, -0.1) is 11.3 Å². The summed E-state index contributed by atoms with van der Waals surface area (Å²) in [6.07, 6.45) is 6.56. The molecule has 0 aliphatic heterocycles. The number of rotatable bonds is 19. The van der Waals surface area contributed by atoms with E-state index in [2.05, 4.69) is 36.6 Å². The van der Waals surface area contributed by atoms with Crippen molar-refractivity contribution >= 4 is 40.9 Å². The Hall–Kier alpha value is -4.89. The van der Waals surface area contributed by atoms with Crippen LogP contribution < -0.4 is 38.1 Å². The molecular weight excluding hydrogens is 686 g/mol. The summed E-state index contributed by atoms with van der Waals surface area (Å²) in [7, 11) is 1.66. The Morgan fingerprint density at radius 3 is 2.35 bits per heavy atom. The summed E-state index contributed by atoms with van der Waals surface area (Å²) in [4.78, 5) is 62.2. The second-order valence-electron chi connectivity index (χ2n) is 13.0.